The number of hydrogen-bond donors (Lipinski definition) is 1. The molecule has 1 N–H and O–H groups in total. The van der Waals surface area contributed by atoms with Gasteiger partial charge in [0.2, 0.25) is 0 Å². The van der Waals surface area contributed by atoms with Crippen molar-refractivity contribution in [2.45, 2.75) is 44.7 Å². The van der Waals surface area contributed by atoms with Crippen LogP contribution < -0.4 is 5.32 Å². The van der Waals surface area contributed by atoms with Crippen molar-refractivity contribution in [3.05, 3.63) is 11.9 Å². The first-order chi connectivity index (χ1) is 9.51. The Bertz CT molecular complexity index is 545. The van der Waals surface area contributed by atoms with E-state index in [2.05, 4.69) is 22.6 Å². The highest BCUT2D eigenvalue weighted by atomic mass is 16.2. The van der Waals surface area contributed by atoms with Gasteiger partial charge < -0.3 is 4.90 Å². The number of rotatable bonds is 2. The first kappa shape index (κ1) is 13.1. The number of amides is 3. The zero-order valence-corrected chi connectivity index (χ0v) is 11.8. The molecule has 3 rings (SSSR count). The van der Waals surface area contributed by atoms with Crippen LogP contribution in [0.4, 0.5) is 4.79 Å². The first-order valence-electron chi connectivity index (χ1n) is 6.99. The fraction of sp³-hybridized carbons (Fsp3) is 0.692. The minimum atomic E-state index is -0.679. The van der Waals surface area contributed by atoms with Crippen LogP contribution in [0.3, 0.4) is 0 Å². The number of aromatic nitrogens is 3. The number of aryl methyl sites for hydroxylation is 1. The van der Waals surface area contributed by atoms with E-state index in [4.69, 9.17) is 0 Å². The Morgan fingerprint density at radius 2 is 2.10 bits per heavy atom. The van der Waals surface area contributed by atoms with Gasteiger partial charge in [-0.25, -0.2) is 4.79 Å². The Labute approximate surface area is 117 Å². The average molecular weight is 277 g/mol. The van der Waals surface area contributed by atoms with Gasteiger partial charge in [0, 0.05) is 13.2 Å². The van der Waals surface area contributed by atoms with E-state index in [1.54, 1.807) is 22.8 Å². The van der Waals surface area contributed by atoms with Crippen LogP contribution in [-0.2, 0) is 18.4 Å². The minimum absolute atomic E-state index is 0.154. The van der Waals surface area contributed by atoms with Crippen molar-refractivity contribution >= 4 is 11.9 Å². The quantitative estimate of drug-likeness (QED) is 0.811. The molecule has 1 aliphatic carbocycles. The highest BCUT2D eigenvalue weighted by Crippen LogP contribution is 2.39. The lowest BCUT2D eigenvalue weighted by atomic mass is 9.76. The van der Waals surface area contributed by atoms with Gasteiger partial charge >= 0.3 is 6.03 Å². The molecule has 7 nitrogen and oxygen atoms in total. The van der Waals surface area contributed by atoms with Crippen LogP contribution in [0.15, 0.2) is 6.20 Å². The molecule has 1 aromatic heterocycles. The number of urea groups is 1. The molecule has 1 aromatic rings. The summed E-state index contributed by atoms with van der Waals surface area (Å²) < 4.78 is 1.60. The molecule has 108 valence electrons. The van der Waals surface area contributed by atoms with E-state index in [1.165, 1.54) is 0 Å². The molecule has 20 heavy (non-hydrogen) atoms. The molecule has 7 heteroatoms. The van der Waals surface area contributed by atoms with Crippen LogP contribution in [0.25, 0.3) is 0 Å². The van der Waals surface area contributed by atoms with E-state index >= 15 is 0 Å². The van der Waals surface area contributed by atoms with E-state index in [1.807, 2.05) is 0 Å². The van der Waals surface area contributed by atoms with Crippen LogP contribution in [0.5, 0.6) is 0 Å². The van der Waals surface area contributed by atoms with Crippen molar-refractivity contribution < 1.29 is 9.59 Å². The normalized spacial score (nSPS) is 30.1. The van der Waals surface area contributed by atoms with Crippen LogP contribution in [-0.4, -0.2) is 37.4 Å². The summed E-state index contributed by atoms with van der Waals surface area (Å²) in [5.41, 5.74) is 0.0246. The van der Waals surface area contributed by atoms with Crippen molar-refractivity contribution in [2.75, 3.05) is 0 Å². The third-order valence-corrected chi connectivity index (χ3v) is 4.48. The summed E-state index contributed by atoms with van der Waals surface area (Å²) >= 11 is 0. The summed E-state index contributed by atoms with van der Waals surface area (Å²) in [5.74, 6) is 0.459. The third kappa shape index (κ3) is 1.97. The molecular weight excluding hydrogens is 258 g/mol. The summed E-state index contributed by atoms with van der Waals surface area (Å²) in [4.78, 5) is 26.0. The van der Waals surface area contributed by atoms with Gasteiger partial charge in [0.1, 0.15) is 11.2 Å². The van der Waals surface area contributed by atoms with Gasteiger partial charge in [0.15, 0.2) is 0 Å². The standard InChI is InChI=1S/C13H19N5O2/c1-9-3-5-13(6-4-9)11(19)14-12(20)18(13)8-10-7-17(2)16-15-10/h7,9H,3-6,8H2,1-2H3,(H,14,19,20). The van der Waals surface area contributed by atoms with E-state index in [-0.39, 0.29) is 11.9 Å². The highest BCUT2D eigenvalue weighted by Gasteiger charge is 2.53. The molecule has 1 aliphatic heterocycles. The van der Waals surface area contributed by atoms with E-state index in [9.17, 15) is 9.59 Å². The van der Waals surface area contributed by atoms with Crippen LogP contribution in [0.1, 0.15) is 38.3 Å². The Morgan fingerprint density at radius 1 is 1.40 bits per heavy atom. The topological polar surface area (TPSA) is 80.1 Å². The molecule has 0 atom stereocenters. The van der Waals surface area contributed by atoms with Crippen molar-refractivity contribution in [3.8, 4) is 0 Å². The lowest BCUT2D eigenvalue weighted by Gasteiger charge is -2.39. The predicted octanol–water partition coefficient (Wildman–Crippen LogP) is 0.816. The maximum Gasteiger partial charge on any atom is 0.325 e. The first-order valence-corrected chi connectivity index (χ1v) is 6.99. The van der Waals surface area contributed by atoms with Crippen molar-refractivity contribution in [1.29, 1.82) is 0 Å². The molecular formula is C13H19N5O2. The molecule has 1 saturated heterocycles. The van der Waals surface area contributed by atoms with Gasteiger partial charge in [-0.15, -0.1) is 5.10 Å². The van der Waals surface area contributed by atoms with Gasteiger partial charge in [-0.2, -0.15) is 0 Å². The van der Waals surface area contributed by atoms with Crippen LogP contribution in [0.2, 0.25) is 0 Å². The Kier molecular flexibility index (Phi) is 2.99. The van der Waals surface area contributed by atoms with Crippen molar-refractivity contribution in [1.82, 2.24) is 25.2 Å². The molecule has 0 bridgehead atoms. The molecule has 2 fully saturated rings. The van der Waals surface area contributed by atoms with Crippen molar-refractivity contribution in [3.63, 3.8) is 0 Å². The number of nitrogens with one attached hydrogen (secondary N) is 1. The molecule has 2 aliphatic rings. The molecule has 2 heterocycles. The summed E-state index contributed by atoms with van der Waals surface area (Å²) in [6, 6.07) is -0.310. The van der Waals surface area contributed by atoms with Crippen molar-refractivity contribution in [2.24, 2.45) is 13.0 Å². The van der Waals surface area contributed by atoms with Crippen LogP contribution in [0, 0.1) is 5.92 Å². The molecule has 1 saturated carbocycles. The molecule has 1 spiro atoms. The summed E-state index contributed by atoms with van der Waals surface area (Å²) in [7, 11) is 1.78. The summed E-state index contributed by atoms with van der Waals surface area (Å²) in [6.07, 6.45) is 5.17. The average Bonchev–Trinajstić information content (AvgIpc) is 2.91. The highest BCUT2D eigenvalue weighted by molar-refractivity contribution is 6.07. The largest absolute Gasteiger partial charge is 0.325 e. The zero-order chi connectivity index (χ0) is 14.3. The zero-order valence-electron chi connectivity index (χ0n) is 11.8. The molecule has 0 unspecified atom stereocenters. The third-order valence-electron chi connectivity index (χ3n) is 4.48. The lowest BCUT2D eigenvalue weighted by molar-refractivity contribution is -0.128. The van der Waals surface area contributed by atoms with Crippen LogP contribution >= 0.6 is 0 Å². The fourth-order valence-corrected chi connectivity index (χ4v) is 3.19. The summed E-state index contributed by atoms with van der Waals surface area (Å²) in [6.45, 7) is 2.52. The van der Waals surface area contributed by atoms with E-state index in [0.717, 1.165) is 25.7 Å². The molecule has 0 radical (unpaired) electrons. The maximum atomic E-state index is 12.3. The Hall–Kier alpha value is -1.92. The number of carbonyl (C=O) groups excluding carboxylic acids is 2. The van der Waals surface area contributed by atoms with E-state index < -0.39 is 5.54 Å². The minimum Gasteiger partial charge on any atom is -0.304 e. The second-order valence-corrected chi connectivity index (χ2v) is 5.94. The Balaban J connectivity index is 1.86. The second kappa shape index (κ2) is 4.57. The SMILES string of the molecule is CC1CCC2(CC1)C(=O)NC(=O)N2Cc1cn(C)nn1. The predicted molar refractivity (Wildman–Crippen MR) is 70.4 cm³/mol. The van der Waals surface area contributed by atoms with E-state index in [0.29, 0.717) is 18.2 Å². The molecule has 3 amide bonds. The number of carbonyl (C=O) groups is 2. The number of imide groups is 1. The monoisotopic (exact) mass is 277 g/mol. The van der Waals surface area contributed by atoms with Gasteiger partial charge in [-0.05, 0) is 31.6 Å². The van der Waals surface area contributed by atoms with Gasteiger partial charge in [-0.3, -0.25) is 14.8 Å². The Morgan fingerprint density at radius 3 is 2.70 bits per heavy atom. The van der Waals surface area contributed by atoms with Gasteiger partial charge in [0.25, 0.3) is 5.91 Å². The smallest absolute Gasteiger partial charge is 0.304 e. The summed E-state index contributed by atoms with van der Waals surface area (Å²) in [5, 5.41) is 10.3. The molecule has 0 aromatic carbocycles. The maximum absolute atomic E-state index is 12.3. The second-order valence-electron chi connectivity index (χ2n) is 5.94. The fourth-order valence-electron chi connectivity index (χ4n) is 3.19. The number of hydrogen-bond acceptors (Lipinski definition) is 4. The van der Waals surface area contributed by atoms with Gasteiger partial charge in [0.05, 0.1) is 6.54 Å². The lowest BCUT2D eigenvalue weighted by Crippen LogP contribution is -2.51. The number of nitrogens with zero attached hydrogens (tertiary/aromatic N) is 4. The van der Waals surface area contributed by atoms with Gasteiger partial charge in [-0.1, -0.05) is 12.1 Å².